The van der Waals surface area contributed by atoms with E-state index in [4.69, 9.17) is 19.9 Å². The number of hydrogen-bond donors (Lipinski definition) is 2. The summed E-state index contributed by atoms with van der Waals surface area (Å²) >= 11 is 0. The van der Waals surface area contributed by atoms with Gasteiger partial charge in [-0.05, 0) is 31.5 Å². The second kappa shape index (κ2) is 8.93. The number of halogens is 1. The van der Waals surface area contributed by atoms with Crippen molar-refractivity contribution in [2.24, 2.45) is 11.1 Å². The summed E-state index contributed by atoms with van der Waals surface area (Å²) in [6.45, 7) is 9.39. The summed E-state index contributed by atoms with van der Waals surface area (Å²) in [5.41, 5.74) is 6.01. The van der Waals surface area contributed by atoms with E-state index < -0.39 is 11.0 Å². The number of carbonyl (C=O) groups is 1. The van der Waals surface area contributed by atoms with Crippen LogP contribution in [0.4, 0.5) is 0 Å². The Morgan fingerprint density at radius 1 is 1.27 bits per heavy atom. The Morgan fingerprint density at radius 2 is 1.96 bits per heavy atom. The van der Waals surface area contributed by atoms with E-state index >= 15 is 0 Å². The van der Waals surface area contributed by atoms with Crippen molar-refractivity contribution in [2.45, 2.75) is 52.3 Å². The van der Waals surface area contributed by atoms with Gasteiger partial charge >= 0.3 is 0 Å². The van der Waals surface area contributed by atoms with Gasteiger partial charge in [0.25, 0.3) is 0 Å². The lowest BCUT2D eigenvalue weighted by Gasteiger charge is -2.57. The lowest BCUT2D eigenvalue weighted by Crippen LogP contribution is -2.75. The number of nitrogens with two attached hydrogens (primary N) is 1. The molecule has 1 fully saturated rings. The molecule has 0 aliphatic heterocycles. The highest BCUT2D eigenvalue weighted by Gasteiger charge is 2.62. The fourth-order valence-electron chi connectivity index (χ4n) is 3.26. The van der Waals surface area contributed by atoms with E-state index in [-0.39, 0.29) is 24.4 Å². The van der Waals surface area contributed by atoms with Crippen LogP contribution in [0.3, 0.4) is 0 Å². The first-order chi connectivity index (χ1) is 11.8. The maximum atomic E-state index is 12.7. The van der Waals surface area contributed by atoms with Crippen molar-refractivity contribution in [2.75, 3.05) is 20.3 Å². The third-order valence-corrected chi connectivity index (χ3v) is 5.22. The Labute approximate surface area is 162 Å². The van der Waals surface area contributed by atoms with Crippen molar-refractivity contribution in [3.8, 4) is 11.5 Å². The van der Waals surface area contributed by atoms with Crippen LogP contribution < -0.4 is 20.5 Å². The lowest BCUT2D eigenvalue weighted by atomic mass is 9.54. The molecule has 2 atom stereocenters. The van der Waals surface area contributed by atoms with Crippen LogP contribution >= 0.6 is 12.4 Å². The van der Waals surface area contributed by atoms with E-state index in [0.717, 1.165) is 5.56 Å². The SMILES string of the molecule is CCOc1cc(CNC(=O)C2(N)CC(OCC)C2(C)C)ccc1OC.Cl. The third-order valence-electron chi connectivity index (χ3n) is 5.22. The molecule has 26 heavy (non-hydrogen) atoms. The molecule has 2 unspecified atom stereocenters. The molecule has 2 rings (SSSR count). The fourth-order valence-corrected chi connectivity index (χ4v) is 3.26. The number of hydrogen-bond acceptors (Lipinski definition) is 5. The van der Waals surface area contributed by atoms with Crippen LogP contribution in [-0.2, 0) is 16.1 Å². The summed E-state index contributed by atoms with van der Waals surface area (Å²) in [6, 6.07) is 5.61. The Balaban J connectivity index is 0.00000338. The number of methoxy groups -OCH3 is 1. The maximum absolute atomic E-state index is 12.7. The molecule has 1 aromatic carbocycles. The molecule has 0 heterocycles. The van der Waals surface area contributed by atoms with Gasteiger partial charge in [-0.2, -0.15) is 0 Å². The highest BCUT2D eigenvalue weighted by Crippen LogP contribution is 2.49. The van der Waals surface area contributed by atoms with E-state index in [1.165, 1.54) is 0 Å². The normalized spacial score (nSPS) is 23.4. The van der Waals surface area contributed by atoms with Crippen LogP contribution in [0.5, 0.6) is 11.5 Å². The molecule has 1 aliphatic carbocycles. The second-order valence-electron chi connectivity index (χ2n) is 6.94. The van der Waals surface area contributed by atoms with Gasteiger partial charge < -0.3 is 25.3 Å². The van der Waals surface area contributed by atoms with Crippen molar-refractivity contribution >= 4 is 18.3 Å². The monoisotopic (exact) mass is 386 g/mol. The molecule has 0 saturated heterocycles. The van der Waals surface area contributed by atoms with Gasteiger partial charge in [-0.3, -0.25) is 4.79 Å². The van der Waals surface area contributed by atoms with E-state index in [9.17, 15) is 4.79 Å². The number of nitrogens with one attached hydrogen (secondary N) is 1. The highest BCUT2D eigenvalue weighted by molar-refractivity contribution is 5.88. The van der Waals surface area contributed by atoms with Gasteiger partial charge in [-0.1, -0.05) is 19.9 Å². The molecule has 1 saturated carbocycles. The molecule has 0 radical (unpaired) electrons. The van der Waals surface area contributed by atoms with Gasteiger partial charge in [0.2, 0.25) is 5.91 Å². The molecule has 1 amide bonds. The molecule has 0 bridgehead atoms. The average molecular weight is 387 g/mol. The van der Waals surface area contributed by atoms with Crippen molar-refractivity contribution in [3.05, 3.63) is 23.8 Å². The summed E-state index contributed by atoms with van der Waals surface area (Å²) < 4.78 is 16.5. The zero-order valence-electron chi connectivity index (χ0n) is 16.3. The highest BCUT2D eigenvalue weighted by atomic mass is 35.5. The maximum Gasteiger partial charge on any atom is 0.241 e. The van der Waals surface area contributed by atoms with Crippen LogP contribution in [0.25, 0.3) is 0 Å². The largest absolute Gasteiger partial charge is 0.493 e. The van der Waals surface area contributed by atoms with Gasteiger partial charge in [0, 0.05) is 25.0 Å². The zero-order chi connectivity index (χ0) is 18.7. The lowest BCUT2D eigenvalue weighted by molar-refractivity contribution is -0.170. The number of amides is 1. The molecule has 1 aliphatic rings. The summed E-state index contributed by atoms with van der Waals surface area (Å²) in [4.78, 5) is 12.7. The Hall–Kier alpha value is -1.50. The van der Waals surface area contributed by atoms with Gasteiger partial charge in [0.15, 0.2) is 11.5 Å². The molecule has 148 valence electrons. The van der Waals surface area contributed by atoms with E-state index in [1.807, 2.05) is 45.9 Å². The smallest absolute Gasteiger partial charge is 0.241 e. The van der Waals surface area contributed by atoms with Crippen molar-refractivity contribution < 1.29 is 19.0 Å². The van der Waals surface area contributed by atoms with E-state index in [0.29, 0.717) is 37.7 Å². The number of carbonyl (C=O) groups excluding carboxylic acids is 1. The second-order valence-corrected chi connectivity index (χ2v) is 6.94. The van der Waals surface area contributed by atoms with Crippen LogP contribution in [0, 0.1) is 5.41 Å². The molecule has 0 aromatic heterocycles. The molecular formula is C19H31ClN2O4. The summed E-state index contributed by atoms with van der Waals surface area (Å²) in [5, 5.41) is 2.95. The fraction of sp³-hybridized carbons (Fsp3) is 0.632. The summed E-state index contributed by atoms with van der Waals surface area (Å²) in [6.07, 6.45) is 0.547. The molecule has 0 spiro atoms. The first kappa shape index (κ1) is 22.5. The van der Waals surface area contributed by atoms with Crippen molar-refractivity contribution in [3.63, 3.8) is 0 Å². The number of ether oxygens (including phenoxy) is 3. The van der Waals surface area contributed by atoms with Crippen molar-refractivity contribution in [1.82, 2.24) is 5.32 Å². The Morgan fingerprint density at radius 3 is 2.50 bits per heavy atom. The number of rotatable bonds is 8. The molecule has 1 aromatic rings. The summed E-state index contributed by atoms with van der Waals surface area (Å²) in [7, 11) is 1.60. The van der Waals surface area contributed by atoms with Crippen LogP contribution in [0.1, 0.15) is 39.7 Å². The van der Waals surface area contributed by atoms with Crippen LogP contribution in [-0.4, -0.2) is 37.9 Å². The minimum atomic E-state index is -0.915. The molecule has 7 heteroatoms. The number of benzene rings is 1. The van der Waals surface area contributed by atoms with E-state index in [1.54, 1.807) is 7.11 Å². The molecular weight excluding hydrogens is 356 g/mol. The summed E-state index contributed by atoms with van der Waals surface area (Å²) in [5.74, 6) is 1.19. The van der Waals surface area contributed by atoms with Crippen LogP contribution in [0.2, 0.25) is 0 Å². The molecule has 6 nitrogen and oxygen atoms in total. The average Bonchev–Trinajstić information content (AvgIpc) is 2.59. The quantitative estimate of drug-likeness (QED) is 0.717. The third kappa shape index (κ3) is 4.08. The van der Waals surface area contributed by atoms with Gasteiger partial charge in [-0.15, -0.1) is 12.4 Å². The van der Waals surface area contributed by atoms with E-state index in [2.05, 4.69) is 5.32 Å². The van der Waals surface area contributed by atoms with Crippen molar-refractivity contribution in [1.29, 1.82) is 0 Å². The minimum absolute atomic E-state index is 0. The standard InChI is InChI=1S/C19H30N2O4.ClH/c1-6-24-15-10-13(8-9-14(15)23-5)12-21-17(22)19(20)11-16(25-7-2)18(19,3)4;/h8-10,16H,6-7,11-12,20H2,1-5H3,(H,21,22);1H. The predicted octanol–water partition coefficient (Wildman–Crippen LogP) is 2.66. The molecule has 3 N–H and O–H groups in total. The van der Waals surface area contributed by atoms with Gasteiger partial charge in [-0.25, -0.2) is 0 Å². The zero-order valence-corrected chi connectivity index (χ0v) is 17.1. The Bertz CT molecular complexity index is 624. The topological polar surface area (TPSA) is 82.8 Å². The Kier molecular flexibility index (Phi) is 7.74. The van der Waals surface area contributed by atoms with Gasteiger partial charge in [0.05, 0.1) is 19.8 Å². The predicted molar refractivity (Wildman–Crippen MR) is 104 cm³/mol. The van der Waals surface area contributed by atoms with Gasteiger partial charge in [0.1, 0.15) is 5.54 Å². The minimum Gasteiger partial charge on any atom is -0.493 e. The van der Waals surface area contributed by atoms with Crippen LogP contribution in [0.15, 0.2) is 18.2 Å². The first-order valence-electron chi connectivity index (χ1n) is 8.78. The first-order valence-corrected chi connectivity index (χ1v) is 8.78.